The van der Waals surface area contributed by atoms with Crippen molar-refractivity contribution in [1.82, 2.24) is 9.97 Å². The van der Waals surface area contributed by atoms with Gasteiger partial charge in [-0.3, -0.25) is 14.6 Å². The Bertz CT molecular complexity index is 1200. The summed E-state index contributed by atoms with van der Waals surface area (Å²) in [5, 5.41) is 15.6. The van der Waals surface area contributed by atoms with E-state index in [0.29, 0.717) is 22.0 Å². The van der Waals surface area contributed by atoms with Crippen molar-refractivity contribution in [1.29, 1.82) is 5.26 Å². The van der Waals surface area contributed by atoms with Gasteiger partial charge in [0.1, 0.15) is 17.5 Å². The van der Waals surface area contributed by atoms with Crippen molar-refractivity contribution in [2.45, 2.75) is 5.92 Å². The number of halogens is 1. The van der Waals surface area contributed by atoms with E-state index in [-0.39, 0.29) is 17.3 Å². The minimum atomic E-state index is -1.07. The molecule has 0 aliphatic carbocycles. The van der Waals surface area contributed by atoms with Gasteiger partial charge in [0.15, 0.2) is 0 Å². The number of hydrogen-bond acceptors (Lipinski definition) is 6. The Balaban J connectivity index is 1.76. The molecule has 150 valence electrons. The number of hydrogen-bond donors (Lipinski definition) is 3. The van der Waals surface area contributed by atoms with Crippen molar-refractivity contribution in [3.63, 3.8) is 0 Å². The summed E-state index contributed by atoms with van der Waals surface area (Å²) in [5.74, 6) is -1.38. The molecule has 30 heavy (non-hydrogen) atoms. The molecule has 2 heterocycles. The van der Waals surface area contributed by atoms with Crippen LogP contribution in [0.4, 0.5) is 17.5 Å². The number of aromatic amines is 1. The molecule has 2 atom stereocenters. The van der Waals surface area contributed by atoms with Gasteiger partial charge in [0.05, 0.1) is 18.7 Å². The second-order valence-electron chi connectivity index (χ2n) is 6.66. The molecular weight excluding hydrogens is 406 g/mol. The minimum absolute atomic E-state index is 0.117. The molecule has 0 fully saturated rings. The summed E-state index contributed by atoms with van der Waals surface area (Å²) in [6, 6.07) is 15.7. The van der Waals surface area contributed by atoms with Gasteiger partial charge in [0.25, 0.3) is 5.56 Å². The maximum atomic E-state index is 13.0. The van der Waals surface area contributed by atoms with E-state index in [4.69, 9.17) is 16.3 Å². The zero-order chi connectivity index (χ0) is 21.3. The van der Waals surface area contributed by atoms with Crippen LogP contribution in [0.1, 0.15) is 17.0 Å². The average molecular weight is 422 g/mol. The largest absolute Gasteiger partial charge is 0.497 e. The molecule has 1 aliphatic heterocycles. The average Bonchev–Trinajstić information content (AvgIpc) is 2.74. The topological polar surface area (TPSA) is 120 Å². The van der Waals surface area contributed by atoms with Gasteiger partial charge >= 0.3 is 0 Å². The Hall–Kier alpha value is -3.83. The number of ether oxygens (including phenoxy) is 1. The third-order valence-electron chi connectivity index (χ3n) is 4.84. The van der Waals surface area contributed by atoms with Gasteiger partial charge in [0.2, 0.25) is 11.9 Å². The molecule has 9 heteroatoms. The number of amides is 1. The van der Waals surface area contributed by atoms with Gasteiger partial charge in [-0.1, -0.05) is 23.7 Å². The third-order valence-corrected chi connectivity index (χ3v) is 5.10. The van der Waals surface area contributed by atoms with Crippen molar-refractivity contribution < 1.29 is 9.53 Å². The Morgan fingerprint density at radius 2 is 1.83 bits per heavy atom. The summed E-state index contributed by atoms with van der Waals surface area (Å²) in [6.07, 6.45) is 0. The molecule has 2 aromatic carbocycles. The number of rotatable bonds is 4. The number of nitrogens with zero attached hydrogens (tertiary/aromatic N) is 2. The number of nitrogens with one attached hydrogen (secondary N) is 3. The van der Waals surface area contributed by atoms with Crippen LogP contribution in [0.5, 0.6) is 5.75 Å². The van der Waals surface area contributed by atoms with Crippen molar-refractivity contribution in [3.8, 4) is 11.8 Å². The van der Waals surface area contributed by atoms with Gasteiger partial charge in [-0.2, -0.15) is 10.2 Å². The number of nitriles is 1. The summed E-state index contributed by atoms with van der Waals surface area (Å²) in [6.45, 7) is 0. The number of carbonyl (C=O) groups is 1. The molecule has 1 aromatic heterocycles. The van der Waals surface area contributed by atoms with E-state index in [2.05, 4.69) is 20.6 Å². The van der Waals surface area contributed by atoms with E-state index in [1.807, 2.05) is 6.07 Å². The Morgan fingerprint density at radius 3 is 2.47 bits per heavy atom. The molecule has 0 bridgehead atoms. The smallest absolute Gasteiger partial charge is 0.258 e. The highest BCUT2D eigenvalue weighted by Gasteiger charge is 2.40. The highest BCUT2D eigenvalue weighted by molar-refractivity contribution is 6.30. The minimum Gasteiger partial charge on any atom is -0.497 e. The zero-order valence-corrected chi connectivity index (χ0v) is 16.5. The van der Waals surface area contributed by atoms with Crippen LogP contribution >= 0.6 is 11.6 Å². The number of fused-ring (bicyclic) bond motifs is 1. The molecular formula is C21H16ClN5O3. The van der Waals surface area contributed by atoms with Gasteiger partial charge in [-0.25, -0.2) is 0 Å². The molecule has 0 saturated heterocycles. The number of anilines is 3. The molecule has 1 amide bonds. The fraction of sp³-hybridized carbons (Fsp3) is 0.143. The molecule has 0 unspecified atom stereocenters. The van der Waals surface area contributed by atoms with E-state index < -0.39 is 23.3 Å². The number of methoxy groups -OCH3 is 1. The van der Waals surface area contributed by atoms with Gasteiger partial charge in [0, 0.05) is 16.6 Å². The molecule has 0 saturated carbocycles. The Kier molecular flexibility index (Phi) is 5.12. The fourth-order valence-electron chi connectivity index (χ4n) is 3.41. The second kappa shape index (κ2) is 7.89. The van der Waals surface area contributed by atoms with Crippen LogP contribution < -0.4 is 20.9 Å². The predicted molar refractivity (Wildman–Crippen MR) is 112 cm³/mol. The summed E-state index contributed by atoms with van der Waals surface area (Å²) < 4.78 is 5.12. The van der Waals surface area contributed by atoms with Crippen molar-refractivity contribution in [3.05, 3.63) is 75.0 Å². The molecule has 0 spiro atoms. The first-order chi connectivity index (χ1) is 14.5. The molecule has 3 aromatic rings. The first-order valence-electron chi connectivity index (χ1n) is 9.01. The maximum Gasteiger partial charge on any atom is 0.258 e. The van der Waals surface area contributed by atoms with Gasteiger partial charge in [-0.15, -0.1) is 0 Å². The van der Waals surface area contributed by atoms with Gasteiger partial charge in [-0.05, 0) is 42.0 Å². The quantitative estimate of drug-likeness (QED) is 0.593. The summed E-state index contributed by atoms with van der Waals surface area (Å²) in [4.78, 5) is 32.5. The Morgan fingerprint density at radius 1 is 1.13 bits per heavy atom. The van der Waals surface area contributed by atoms with Crippen molar-refractivity contribution >= 4 is 35.0 Å². The monoisotopic (exact) mass is 421 g/mol. The summed E-state index contributed by atoms with van der Waals surface area (Å²) in [5.41, 5.74) is 1.08. The normalized spacial score (nSPS) is 17.4. The lowest BCUT2D eigenvalue weighted by molar-refractivity contribution is -0.119. The SMILES string of the molecule is COc1ccc(Nc2nc3c(c(=O)[nH]2)[C@@H](c2ccc(Cl)cc2)[C@H](C#N)C(=O)N3)cc1. The van der Waals surface area contributed by atoms with Crippen LogP contribution in [0.2, 0.25) is 5.02 Å². The van der Waals surface area contributed by atoms with Crippen LogP contribution in [0.25, 0.3) is 0 Å². The lowest BCUT2D eigenvalue weighted by Gasteiger charge is -2.28. The highest BCUT2D eigenvalue weighted by atomic mass is 35.5. The molecule has 8 nitrogen and oxygen atoms in total. The van der Waals surface area contributed by atoms with Crippen molar-refractivity contribution in [2.24, 2.45) is 5.92 Å². The molecule has 0 radical (unpaired) electrons. The predicted octanol–water partition coefficient (Wildman–Crippen LogP) is 3.40. The lowest BCUT2D eigenvalue weighted by Crippen LogP contribution is -2.38. The van der Waals surface area contributed by atoms with E-state index in [0.717, 1.165) is 0 Å². The van der Waals surface area contributed by atoms with Crippen LogP contribution in [0, 0.1) is 17.2 Å². The molecule has 1 aliphatic rings. The zero-order valence-electron chi connectivity index (χ0n) is 15.8. The number of carbonyl (C=O) groups excluding carboxylic acids is 1. The molecule has 4 rings (SSSR count). The van der Waals surface area contributed by atoms with Crippen LogP contribution in [0.15, 0.2) is 53.3 Å². The number of benzene rings is 2. The van der Waals surface area contributed by atoms with Crippen LogP contribution in [-0.4, -0.2) is 23.0 Å². The van der Waals surface area contributed by atoms with Crippen molar-refractivity contribution in [2.75, 3.05) is 17.7 Å². The summed E-state index contributed by atoms with van der Waals surface area (Å²) in [7, 11) is 1.57. The third kappa shape index (κ3) is 3.58. The number of aromatic nitrogens is 2. The fourth-order valence-corrected chi connectivity index (χ4v) is 3.54. The van der Waals surface area contributed by atoms with E-state index in [1.165, 1.54) is 0 Å². The van der Waals surface area contributed by atoms with Crippen LogP contribution in [-0.2, 0) is 4.79 Å². The van der Waals surface area contributed by atoms with E-state index in [1.54, 1.807) is 55.6 Å². The lowest BCUT2D eigenvalue weighted by atomic mass is 9.79. The first kappa shape index (κ1) is 19.5. The van der Waals surface area contributed by atoms with Crippen LogP contribution in [0.3, 0.4) is 0 Å². The molecule has 3 N–H and O–H groups in total. The van der Waals surface area contributed by atoms with Gasteiger partial charge < -0.3 is 15.4 Å². The summed E-state index contributed by atoms with van der Waals surface area (Å²) >= 11 is 5.96. The highest BCUT2D eigenvalue weighted by Crippen LogP contribution is 2.38. The second-order valence-corrected chi connectivity index (χ2v) is 7.09. The van der Waals surface area contributed by atoms with E-state index >= 15 is 0 Å². The van der Waals surface area contributed by atoms with E-state index in [9.17, 15) is 14.9 Å². The Labute approximate surface area is 176 Å². The maximum absolute atomic E-state index is 13.0. The first-order valence-corrected chi connectivity index (χ1v) is 9.39. The number of H-pyrrole nitrogens is 1. The standard InChI is InChI=1S/C21H16ClN5O3/c1-30-14-8-6-13(7-9-14)24-21-26-18-17(20(29)27-21)16(15(10-23)19(28)25-18)11-2-4-12(22)5-3-11/h2-9,15-16H,1H3,(H3,24,25,26,27,28,29)/t15-,16-/m0/s1.